The molecule has 0 aliphatic carbocycles. The van der Waals surface area contributed by atoms with Crippen molar-refractivity contribution in [2.24, 2.45) is 0 Å². The molecular formula is C12H16Cl2N2O3S. The highest BCUT2D eigenvalue weighted by molar-refractivity contribution is 7.89. The highest BCUT2D eigenvalue weighted by atomic mass is 35.5. The van der Waals surface area contributed by atoms with Gasteiger partial charge in [0.1, 0.15) is 4.90 Å². The van der Waals surface area contributed by atoms with Gasteiger partial charge in [0.2, 0.25) is 10.0 Å². The van der Waals surface area contributed by atoms with Gasteiger partial charge in [0.25, 0.3) is 0 Å². The first kappa shape index (κ1) is 15.9. The van der Waals surface area contributed by atoms with Crippen molar-refractivity contribution >= 4 is 38.9 Å². The minimum absolute atomic E-state index is 0.0185. The number of nitrogens with two attached hydrogens (primary N) is 1. The first-order chi connectivity index (χ1) is 9.35. The topological polar surface area (TPSA) is 72.6 Å². The second-order valence-electron chi connectivity index (χ2n) is 4.64. The molecule has 1 fully saturated rings. The van der Waals surface area contributed by atoms with E-state index >= 15 is 0 Å². The predicted molar refractivity (Wildman–Crippen MR) is 79.7 cm³/mol. The van der Waals surface area contributed by atoms with E-state index in [2.05, 4.69) is 0 Å². The van der Waals surface area contributed by atoms with Crippen LogP contribution in [0, 0.1) is 0 Å². The van der Waals surface area contributed by atoms with Crippen molar-refractivity contribution in [3.8, 4) is 0 Å². The van der Waals surface area contributed by atoms with Gasteiger partial charge in [0, 0.05) is 26.3 Å². The van der Waals surface area contributed by atoms with E-state index in [0.717, 1.165) is 0 Å². The standard InChI is InChI=1S/C12H16Cl2N2O3S/c1-16(8-4-6-19-7-5-8)20(17,18)10-3-2-9(13)12(15)11(10)14/h2-3,8H,4-7,15H2,1H3. The number of rotatable bonds is 3. The maximum Gasteiger partial charge on any atom is 0.244 e. The molecule has 8 heteroatoms. The fraction of sp³-hybridized carbons (Fsp3) is 0.500. The molecule has 0 bridgehead atoms. The number of sulfonamides is 1. The van der Waals surface area contributed by atoms with E-state index in [-0.39, 0.29) is 26.7 Å². The molecule has 5 nitrogen and oxygen atoms in total. The second kappa shape index (κ2) is 6.07. The molecule has 0 radical (unpaired) electrons. The Bertz CT molecular complexity index is 601. The zero-order chi connectivity index (χ0) is 14.9. The van der Waals surface area contributed by atoms with Crippen LogP contribution >= 0.6 is 23.2 Å². The fourth-order valence-corrected chi connectivity index (χ4v) is 4.30. The fourth-order valence-electron chi connectivity index (χ4n) is 2.15. The van der Waals surface area contributed by atoms with Crippen LogP contribution in [0.15, 0.2) is 17.0 Å². The van der Waals surface area contributed by atoms with Crippen molar-refractivity contribution in [3.63, 3.8) is 0 Å². The van der Waals surface area contributed by atoms with Gasteiger partial charge in [0.15, 0.2) is 0 Å². The van der Waals surface area contributed by atoms with Crippen LogP contribution in [0.4, 0.5) is 5.69 Å². The zero-order valence-corrected chi connectivity index (χ0v) is 13.3. The number of anilines is 1. The van der Waals surface area contributed by atoms with E-state index in [1.165, 1.54) is 16.4 Å². The van der Waals surface area contributed by atoms with E-state index < -0.39 is 10.0 Å². The third-order valence-electron chi connectivity index (χ3n) is 3.45. The minimum Gasteiger partial charge on any atom is -0.396 e. The summed E-state index contributed by atoms with van der Waals surface area (Å²) in [6.45, 7) is 1.11. The van der Waals surface area contributed by atoms with Gasteiger partial charge in [-0.1, -0.05) is 23.2 Å². The first-order valence-electron chi connectivity index (χ1n) is 6.15. The van der Waals surface area contributed by atoms with Crippen molar-refractivity contribution in [1.29, 1.82) is 0 Å². The van der Waals surface area contributed by atoms with Crippen LogP contribution in [-0.4, -0.2) is 39.0 Å². The molecule has 1 aliphatic rings. The number of ether oxygens (including phenoxy) is 1. The molecule has 0 amide bonds. The van der Waals surface area contributed by atoms with Crippen molar-refractivity contribution in [3.05, 3.63) is 22.2 Å². The monoisotopic (exact) mass is 338 g/mol. The molecule has 2 N–H and O–H groups in total. The van der Waals surface area contributed by atoms with Gasteiger partial charge >= 0.3 is 0 Å². The molecular weight excluding hydrogens is 323 g/mol. The SMILES string of the molecule is CN(C1CCOCC1)S(=O)(=O)c1ccc(Cl)c(N)c1Cl. The van der Waals surface area contributed by atoms with Gasteiger partial charge in [-0.25, -0.2) is 8.42 Å². The lowest BCUT2D eigenvalue weighted by Crippen LogP contribution is -2.40. The van der Waals surface area contributed by atoms with Crippen LogP contribution < -0.4 is 5.73 Å². The molecule has 1 saturated heterocycles. The molecule has 0 saturated carbocycles. The molecule has 112 valence electrons. The van der Waals surface area contributed by atoms with Gasteiger partial charge in [-0.05, 0) is 25.0 Å². The molecule has 2 rings (SSSR count). The summed E-state index contributed by atoms with van der Waals surface area (Å²) in [4.78, 5) is -0.0185. The third-order valence-corrected chi connectivity index (χ3v) is 6.25. The lowest BCUT2D eigenvalue weighted by molar-refractivity contribution is 0.0632. The first-order valence-corrected chi connectivity index (χ1v) is 8.34. The summed E-state index contributed by atoms with van der Waals surface area (Å²) in [5.41, 5.74) is 5.77. The van der Waals surface area contributed by atoms with Crippen molar-refractivity contribution in [2.75, 3.05) is 26.0 Å². The average molecular weight is 339 g/mol. The minimum atomic E-state index is -3.70. The Morgan fingerprint density at radius 1 is 1.30 bits per heavy atom. The number of nitrogen functional groups attached to an aromatic ring is 1. The Labute approximate surface area is 128 Å². The Balaban J connectivity index is 2.37. The van der Waals surface area contributed by atoms with Crippen LogP contribution in [0.25, 0.3) is 0 Å². The lowest BCUT2D eigenvalue weighted by atomic mass is 10.1. The van der Waals surface area contributed by atoms with Crippen LogP contribution in [0.1, 0.15) is 12.8 Å². The number of hydrogen-bond donors (Lipinski definition) is 1. The van der Waals surface area contributed by atoms with Gasteiger partial charge in [-0.15, -0.1) is 0 Å². The Morgan fingerprint density at radius 2 is 1.90 bits per heavy atom. The Morgan fingerprint density at radius 3 is 2.50 bits per heavy atom. The molecule has 20 heavy (non-hydrogen) atoms. The van der Waals surface area contributed by atoms with E-state index in [1.54, 1.807) is 7.05 Å². The van der Waals surface area contributed by atoms with E-state index in [4.69, 9.17) is 33.7 Å². The van der Waals surface area contributed by atoms with E-state index in [1.807, 2.05) is 0 Å². The van der Waals surface area contributed by atoms with Gasteiger partial charge in [-0.2, -0.15) is 4.31 Å². The van der Waals surface area contributed by atoms with Crippen LogP contribution in [0.2, 0.25) is 10.0 Å². The summed E-state index contributed by atoms with van der Waals surface area (Å²) in [7, 11) is -2.15. The second-order valence-corrected chi connectivity index (χ2v) is 7.39. The highest BCUT2D eigenvalue weighted by Crippen LogP contribution is 2.35. The number of hydrogen-bond acceptors (Lipinski definition) is 4. The van der Waals surface area contributed by atoms with Crippen molar-refractivity contribution in [1.82, 2.24) is 4.31 Å². The quantitative estimate of drug-likeness (QED) is 0.858. The number of benzene rings is 1. The van der Waals surface area contributed by atoms with Gasteiger partial charge in [-0.3, -0.25) is 0 Å². The number of nitrogens with zero attached hydrogens (tertiary/aromatic N) is 1. The zero-order valence-electron chi connectivity index (χ0n) is 11.0. The van der Waals surface area contributed by atoms with Crippen molar-refractivity contribution < 1.29 is 13.2 Å². The van der Waals surface area contributed by atoms with Crippen molar-refractivity contribution in [2.45, 2.75) is 23.8 Å². The summed E-state index contributed by atoms with van der Waals surface area (Å²) in [6, 6.07) is 2.72. The Hall–Kier alpha value is -0.530. The highest BCUT2D eigenvalue weighted by Gasteiger charge is 2.31. The molecule has 0 aromatic heterocycles. The molecule has 1 heterocycles. The Kier molecular flexibility index (Phi) is 4.81. The molecule has 1 aromatic carbocycles. The summed E-state index contributed by atoms with van der Waals surface area (Å²) in [5, 5.41) is 0.207. The summed E-state index contributed by atoms with van der Waals surface area (Å²) >= 11 is 11.9. The third kappa shape index (κ3) is 2.89. The summed E-state index contributed by atoms with van der Waals surface area (Å²) in [6.07, 6.45) is 1.33. The predicted octanol–water partition coefficient (Wildman–Crippen LogP) is 2.38. The average Bonchev–Trinajstić information content (AvgIpc) is 2.44. The number of halogens is 2. The van der Waals surface area contributed by atoms with E-state index in [0.29, 0.717) is 26.1 Å². The molecule has 1 aliphatic heterocycles. The summed E-state index contributed by atoms with van der Waals surface area (Å²) in [5.74, 6) is 0. The maximum atomic E-state index is 12.6. The van der Waals surface area contributed by atoms with Gasteiger partial charge in [0.05, 0.1) is 15.7 Å². The van der Waals surface area contributed by atoms with Gasteiger partial charge < -0.3 is 10.5 Å². The molecule has 0 atom stereocenters. The van der Waals surface area contributed by atoms with Crippen LogP contribution in [-0.2, 0) is 14.8 Å². The lowest BCUT2D eigenvalue weighted by Gasteiger charge is -2.30. The molecule has 1 aromatic rings. The summed E-state index contributed by atoms with van der Waals surface area (Å²) < 4.78 is 31.8. The van der Waals surface area contributed by atoms with Crippen LogP contribution in [0.3, 0.4) is 0 Å². The molecule has 0 spiro atoms. The van der Waals surface area contributed by atoms with E-state index in [9.17, 15) is 8.42 Å². The largest absolute Gasteiger partial charge is 0.396 e. The smallest absolute Gasteiger partial charge is 0.244 e. The maximum absolute atomic E-state index is 12.6. The molecule has 0 unspecified atom stereocenters. The normalized spacial score (nSPS) is 17.6. The van der Waals surface area contributed by atoms with Crippen LogP contribution in [0.5, 0.6) is 0 Å².